The van der Waals surface area contributed by atoms with Crippen molar-refractivity contribution in [2.45, 2.75) is 45.2 Å². The molecule has 1 aliphatic heterocycles. The highest BCUT2D eigenvalue weighted by Crippen LogP contribution is 2.37. The Bertz CT molecular complexity index is 464. The first-order valence-corrected chi connectivity index (χ1v) is 7.67. The summed E-state index contributed by atoms with van der Waals surface area (Å²) in [5.41, 5.74) is 0.808. The van der Waals surface area contributed by atoms with E-state index in [1.807, 2.05) is 18.2 Å². The van der Waals surface area contributed by atoms with Crippen molar-refractivity contribution in [3.05, 3.63) is 30.1 Å². The van der Waals surface area contributed by atoms with Crippen molar-refractivity contribution in [3.8, 4) is 0 Å². The van der Waals surface area contributed by atoms with E-state index < -0.39 is 0 Å². The van der Waals surface area contributed by atoms with Gasteiger partial charge in [0.15, 0.2) is 0 Å². The predicted molar refractivity (Wildman–Crippen MR) is 78.0 cm³/mol. The molecule has 108 valence electrons. The van der Waals surface area contributed by atoms with Crippen LogP contribution in [0.3, 0.4) is 0 Å². The Balaban J connectivity index is 1.78. The molecule has 1 atom stereocenters. The molecule has 3 rings (SSSR count). The molecule has 0 bridgehead atoms. The van der Waals surface area contributed by atoms with Gasteiger partial charge in [-0.05, 0) is 44.4 Å². The van der Waals surface area contributed by atoms with Gasteiger partial charge < -0.3 is 10.2 Å². The zero-order valence-electron chi connectivity index (χ0n) is 12.1. The minimum Gasteiger partial charge on any atom is -0.333 e. The highest BCUT2D eigenvalue weighted by atomic mass is 16.2. The van der Waals surface area contributed by atoms with E-state index in [1.54, 1.807) is 6.20 Å². The first kappa shape index (κ1) is 13.6. The van der Waals surface area contributed by atoms with Crippen molar-refractivity contribution in [2.24, 2.45) is 5.41 Å². The second kappa shape index (κ2) is 5.52. The summed E-state index contributed by atoms with van der Waals surface area (Å²) in [6.07, 6.45) is 5.98. The minimum absolute atomic E-state index is 0.183. The first-order valence-electron chi connectivity index (χ1n) is 7.67. The maximum absolute atomic E-state index is 13.0. The first-order chi connectivity index (χ1) is 9.75. The summed E-state index contributed by atoms with van der Waals surface area (Å²) >= 11 is 0. The molecule has 1 amide bonds. The van der Waals surface area contributed by atoms with Crippen LogP contribution in [0.1, 0.15) is 38.3 Å². The Morgan fingerprint density at radius 3 is 2.90 bits per heavy atom. The van der Waals surface area contributed by atoms with E-state index in [4.69, 9.17) is 0 Å². The maximum atomic E-state index is 13.0. The average Bonchev–Trinajstić information content (AvgIpc) is 3.22. The Morgan fingerprint density at radius 1 is 1.50 bits per heavy atom. The van der Waals surface area contributed by atoms with Crippen LogP contribution in [0.2, 0.25) is 0 Å². The predicted octanol–water partition coefficient (Wildman–Crippen LogP) is 1.96. The lowest BCUT2D eigenvalue weighted by Gasteiger charge is -2.33. The summed E-state index contributed by atoms with van der Waals surface area (Å²) in [6.45, 7) is 4.58. The zero-order chi connectivity index (χ0) is 14.0. The van der Waals surface area contributed by atoms with Crippen molar-refractivity contribution in [2.75, 3.05) is 13.1 Å². The van der Waals surface area contributed by atoms with Crippen molar-refractivity contribution >= 4 is 5.91 Å². The number of hydrogen-bond acceptors (Lipinski definition) is 3. The molecule has 2 aliphatic rings. The van der Waals surface area contributed by atoms with Crippen LogP contribution in [-0.2, 0) is 11.3 Å². The minimum atomic E-state index is -0.183. The molecule has 1 unspecified atom stereocenters. The van der Waals surface area contributed by atoms with Crippen LogP contribution >= 0.6 is 0 Å². The van der Waals surface area contributed by atoms with Crippen molar-refractivity contribution in [3.63, 3.8) is 0 Å². The highest BCUT2D eigenvalue weighted by molar-refractivity contribution is 5.84. The van der Waals surface area contributed by atoms with Gasteiger partial charge in [0.05, 0.1) is 17.7 Å². The molecule has 0 radical (unpaired) electrons. The molecule has 1 N–H and O–H groups in total. The lowest BCUT2D eigenvalue weighted by atomic mass is 9.82. The third-order valence-electron chi connectivity index (χ3n) is 4.68. The molecule has 4 heteroatoms. The quantitative estimate of drug-likeness (QED) is 0.892. The van der Waals surface area contributed by atoms with Gasteiger partial charge in [0.1, 0.15) is 0 Å². The zero-order valence-corrected chi connectivity index (χ0v) is 12.1. The number of nitrogens with zero attached hydrogens (tertiary/aromatic N) is 2. The molecular formula is C16H23N3O. The number of aromatic nitrogens is 1. The Labute approximate surface area is 120 Å². The fraction of sp³-hybridized carbons (Fsp3) is 0.625. The van der Waals surface area contributed by atoms with Crippen LogP contribution in [0.4, 0.5) is 0 Å². The monoisotopic (exact) mass is 273 g/mol. The van der Waals surface area contributed by atoms with E-state index in [-0.39, 0.29) is 5.41 Å². The number of carbonyl (C=O) groups excluding carboxylic acids is 1. The summed E-state index contributed by atoms with van der Waals surface area (Å²) < 4.78 is 0. The lowest BCUT2D eigenvalue weighted by molar-refractivity contribution is -0.142. The van der Waals surface area contributed by atoms with Gasteiger partial charge in [-0.3, -0.25) is 9.78 Å². The van der Waals surface area contributed by atoms with E-state index in [0.29, 0.717) is 18.5 Å². The number of rotatable bonds is 5. The van der Waals surface area contributed by atoms with Gasteiger partial charge >= 0.3 is 0 Å². The third-order valence-corrected chi connectivity index (χ3v) is 4.68. The number of amides is 1. The van der Waals surface area contributed by atoms with E-state index in [0.717, 1.165) is 44.5 Å². The lowest BCUT2D eigenvalue weighted by Crippen LogP contribution is -2.45. The fourth-order valence-electron chi connectivity index (χ4n) is 3.10. The van der Waals surface area contributed by atoms with Gasteiger partial charge in [-0.15, -0.1) is 0 Å². The summed E-state index contributed by atoms with van der Waals surface area (Å²) in [7, 11) is 0. The van der Waals surface area contributed by atoms with Crippen LogP contribution in [0.5, 0.6) is 0 Å². The molecule has 1 saturated heterocycles. The largest absolute Gasteiger partial charge is 0.333 e. The van der Waals surface area contributed by atoms with Crippen LogP contribution in [0.15, 0.2) is 24.4 Å². The summed E-state index contributed by atoms with van der Waals surface area (Å²) in [4.78, 5) is 19.5. The van der Waals surface area contributed by atoms with E-state index in [1.165, 1.54) is 0 Å². The van der Waals surface area contributed by atoms with Gasteiger partial charge in [0.25, 0.3) is 0 Å². The Hall–Kier alpha value is -1.42. The standard InChI is InChI=1S/C16H23N3O/c1-2-16(8-10-17-12-16)15(20)19(14-6-7-14)11-13-5-3-4-9-18-13/h3-5,9,14,17H,2,6-8,10-12H2,1H3. The molecule has 20 heavy (non-hydrogen) atoms. The molecule has 1 aliphatic carbocycles. The van der Waals surface area contributed by atoms with E-state index >= 15 is 0 Å². The van der Waals surface area contributed by atoms with Gasteiger partial charge in [-0.1, -0.05) is 13.0 Å². The van der Waals surface area contributed by atoms with E-state index in [9.17, 15) is 4.79 Å². The normalized spacial score (nSPS) is 25.6. The Morgan fingerprint density at radius 2 is 2.35 bits per heavy atom. The molecule has 1 saturated carbocycles. The van der Waals surface area contributed by atoms with Crippen molar-refractivity contribution < 1.29 is 4.79 Å². The topological polar surface area (TPSA) is 45.2 Å². The summed E-state index contributed by atoms with van der Waals surface area (Å²) in [6, 6.07) is 6.36. The molecular weight excluding hydrogens is 250 g/mol. The number of hydrogen-bond donors (Lipinski definition) is 1. The Kier molecular flexibility index (Phi) is 3.74. The number of carbonyl (C=O) groups is 1. The molecule has 2 fully saturated rings. The van der Waals surface area contributed by atoms with Gasteiger partial charge in [-0.25, -0.2) is 0 Å². The van der Waals surface area contributed by atoms with Crippen molar-refractivity contribution in [1.29, 1.82) is 0 Å². The average molecular weight is 273 g/mol. The fourth-order valence-corrected chi connectivity index (χ4v) is 3.10. The third kappa shape index (κ3) is 2.57. The van der Waals surface area contributed by atoms with Gasteiger partial charge in [0, 0.05) is 18.8 Å². The smallest absolute Gasteiger partial charge is 0.230 e. The van der Waals surface area contributed by atoms with Gasteiger partial charge in [-0.2, -0.15) is 0 Å². The highest BCUT2D eigenvalue weighted by Gasteiger charge is 2.45. The van der Waals surface area contributed by atoms with Crippen LogP contribution < -0.4 is 5.32 Å². The molecule has 0 aromatic carbocycles. The molecule has 1 aromatic heterocycles. The van der Waals surface area contributed by atoms with Crippen LogP contribution in [0, 0.1) is 5.41 Å². The van der Waals surface area contributed by atoms with Crippen LogP contribution in [0.25, 0.3) is 0 Å². The SMILES string of the molecule is CCC1(C(=O)N(Cc2ccccn2)C2CC2)CCNC1. The number of nitrogens with one attached hydrogen (secondary N) is 1. The number of pyridine rings is 1. The second-order valence-corrected chi connectivity index (χ2v) is 6.05. The molecule has 4 nitrogen and oxygen atoms in total. The van der Waals surface area contributed by atoms with Gasteiger partial charge in [0.2, 0.25) is 5.91 Å². The molecule has 2 heterocycles. The van der Waals surface area contributed by atoms with Crippen LogP contribution in [-0.4, -0.2) is 34.9 Å². The molecule has 0 spiro atoms. The second-order valence-electron chi connectivity index (χ2n) is 6.05. The molecule has 1 aromatic rings. The summed E-state index contributed by atoms with van der Waals surface area (Å²) in [5.74, 6) is 0.332. The summed E-state index contributed by atoms with van der Waals surface area (Å²) in [5, 5.41) is 3.36. The maximum Gasteiger partial charge on any atom is 0.230 e. The van der Waals surface area contributed by atoms with Crippen molar-refractivity contribution in [1.82, 2.24) is 15.2 Å². The van der Waals surface area contributed by atoms with E-state index in [2.05, 4.69) is 22.1 Å².